The quantitative estimate of drug-likeness (QED) is 0.686. The van der Waals surface area contributed by atoms with E-state index in [-0.39, 0.29) is 5.22 Å². The molecule has 8 nitrogen and oxygen atoms in total. The smallest absolute Gasteiger partial charge is 0.318 e. The first-order valence-electron chi connectivity index (χ1n) is 5.55. The summed E-state index contributed by atoms with van der Waals surface area (Å²) in [7, 11) is -1.85. The van der Waals surface area contributed by atoms with E-state index in [4.69, 9.17) is 15.9 Å². The zero-order valence-electron chi connectivity index (χ0n) is 10.5. The van der Waals surface area contributed by atoms with Gasteiger partial charge in [-0.3, -0.25) is 10.1 Å². The Kier molecular flexibility index (Phi) is 3.70. The minimum atomic E-state index is -1.85. The molecular weight excluding hydrogens is 284 g/mol. The van der Waals surface area contributed by atoms with Crippen molar-refractivity contribution in [1.82, 2.24) is 10.3 Å². The molecule has 5 N–H and O–H groups in total. The number of hydrogen-bond donors (Lipinski definition) is 3. The summed E-state index contributed by atoms with van der Waals surface area (Å²) in [6.07, 6.45) is 0. The van der Waals surface area contributed by atoms with Crippen molar-refractivity contribution in [2.45, 2.75) is 17.4 Å². The fraction of sp³-hybridized carbons (Fsp3) is 0.182. The molecule has 0 aliphatic rings. The van der Waals surface area contributed by atoms with E-state index >= 15 is 0 Å². The molecule has 0 saturated heterocycles. The lowest BCUT2D eigenvalue weighted by atomic mass is 10.3. The largest absolute Gasteiger partial charge is 0.430 e. The maximum Gasteiger partial charge on any atom is 0.318 e. The number of amides is 3. The molecule has 2 aromatic rings. The first kappa shape index (κ1) is 14.0. The molecular formula is C11H12N4O4S. The van der Waals surface area contributed by atoms with Gasteiger partial charge in [-0.1, -0.05) is 0 Å². The Balaban J connectivity index is 2.26. The van der Waals surface area contributed by atoms with Crippen molar-refractivity contribution < 1.29 is 18.2 Å². The van der Waals surface area contributed by atoms with Crippen LogP contribution >= 0.6 is 0 Å². The highest BCUT2D eigenvalue weighted by Crippen LogP contribution is 2.21. The highest BCUT2D eigenvalue weighted by atomic mass is 32.2. The van der Waals surface area contributed by atoms with E-state index in [2.05, 4.69) is 4.98 Å². The van der Waals surface area contributed by atoms with Crippen LogP contribution in [0.3, 0.4) is 0 Å². The van der Waals surface area contributed by atoms with E-state index in [0.29, 0.717) is 16.8 Å². The molecule has 0 aliphatic carbocycles. The molecule has 1 heterocycles. The summed E-state index contributed by atoms with van der Waals surface area (Å²) in [6.45, 7) is 1.37. The first-order valence-corrected chi connectivity index (χ1v) is 6.76. The second-order valence-corrected chi connectivity index (χ2v) is 5.65. The third kappa shape index (κ3) is 2.77. The number of hydrogen-bond acceptors (Lipinski definition) is 6. The van der Waals surface area contributed by atoms with Crippen LogP contribution in [0, 0.1) is 0 Å². The van der Waals surface area contributed by atoms with Gasteiger partial charge in [0.25, 0.3) is 5.22 Å². The summed E-state index contributed by atoms with van der Waals surface area (Å²) in [5.74, 6) is -0.766. The molecule has 0 saturated carbocycles. The summed E-state index contributed by atoms with van der Waals surface area (Å²) < 4.78 is 17.4. The Bertz CT molecular complexity index is 712. The SMILES string of the molecule is CC(C(=O)NC(N)=O)S(=O)c1nc2cc(N)ccc2o1. The average Bonchev–Trinajstić information content (AvgIpc) is 2.78. The molecule has 0 spiro atoms. The summed E-state index contributed by atoms with van der Waals surface area (Å²) in [6, 6.07) is 3.76. The van der Waals surface area contributed by atoms with Crippen LogP contribution in [0.4, 0.5) is 10.5 Å². The number of carbonyl (C=O) groups is 2. The molecule has 106 valence electrons. The number of rotatable bonds is 3. The van der Waals surface area contributed by atoms with Crippen molar-refractivity contribution in [3.63, 3.8) is 0 Å². The molecule has 0 fully saturated rings. The number of nitrogens with one attached hydrogen (secondary N) is 1. The summed E-state index contributed by atoms with van der Waals surface area (Å²) in [5.41, 5.74) is 11.8. The highest BCUT2D eigenvalue weighted by molar-refractivity contribution is 7.86. The van der Waals surface area contributed by atoms with E-state index in [9.17, 15) is 13.8 Å². The number of nitrogens with zero attached hydrogens (tertiary/aromatic N) is 1. The number of aromatic nitrogens is 1. The number of nitrogens with two attached hydrogens (primary N) is 2. The topological polar surface area (TPSA) is 141 Å². The lowest BCUT2D eigenvalue weighted by Gasteiger charge is -2.06. The number of imide groups is 1. The third-order valence-corrected chi connectivity index (χ3v) is 3.88. The summed E-state index contributed by atoms with van der Waals surface area (Å²) >= 11 is 0. The van der Waals surface area contributed by atoms with Crippen LogP contribution < -0.4 is 16.8 Å². The second kappa shape index (κ2) is 5.29. The molecule has 1 aromatic heterocycles. The van der Waals surface area contributed by atoms with Gasteiger partial charge >= 0.3 is 6.03 Å². The monoisotopic (exact) mass is 296 g/mol. The zero-order chi connectivity index (χ0) is 14.9. The molecule has 20 heavy (non-hydrogen) atoms. The van der Waals surface area contributed by atoms with E-state index in [0.717, 1.165) is 0 Å². The Morgan fingerprint density at radius 3 is 2.80 bits per heavy atom. The van der Waals surface area contributed by atoms with E-state index in [1.165, 1.54) is 6.92 Å². The van der Waals surface area contributed by atoms with Gasteiger partial charge in [-0.05, 0) is 25.1 Å². The maximum absolute atomic E-state index is 12.1. The standard InChI is InChI=1S/C11H12N4O4S/c1-5(9(16)15-10(13)17)20(18)11-14-7-4-6(12)2-3-8(7)19-11/h2-5H,12H2,1H3,(H3,13,15,16,17). The van der Waals surface area contributed by atoms with Crippen LogP contribution in [-0.2, 0) is 15.6 Å². The van der Waals surface area contributed by atoms with Gasteiger partial charge in [0.05, 0.1) is 0 Å². The lowest BCUT2D eigenvalue weighted by Crippen LogP contribution is -2.42. The van der Waals surface area contributed by atoms with Crippen LogP contribution in [0.1, 0.15) is 6.92 Å². The van der Waals surface area contributed by atoms with Crippen molar-refractivity contribution in [2.24, 2.45) is 5.73 Å². The Hall–Kier alpha value is -2.42. The van der Waals surface area contributed by atoms with Gasteiger partial charge < -0.3 is 15.9 Å². The van der Waals surface area contributed by atoms with Gasteiger partial charge in [-0.15, -0.1) is 0 Å². The van der Waals surface area contributed by atoms with Crippen molar-refractivity contribution in [3.8, 4) is 0 Å². The molecule has 0 radical (unpaired) electrons. The summed E-state index contributed by atoms with van der Waals surface area (Å²) in [5, 5.41) is 0.706. The molecule has 9 heteroatoms. The van der Waals surface area contributed by atoms with Gasteiger partial charge in [0, 0.05) is 5.69 Å². The molecule has 2 unspecified atom stereocenters. The molecule has 2 rings (SSSR count). The highest BCUT2D eigenvalue weighted by Gasteiger charge is 2.26. The van der Waals surface area contributed by atoms with Crippen LogP contribution in [0.15, 0.2) is 27.8 Å². The van der Waals surface area contributed by atoms with Crippen molar-refractivity contribution >= 4 is 39.5 Å². The molecule has 2 atom stereocenters. The fourth-order valence-electron chi connectivity index (χ4n) is 1.48. The predicted octanol–water partition coefficient (Wildman–Crippen LogP) is 0.101. The van der Waals surface area contributed by atoms with Gasteiger partial charge in [-0.2, -0.15) is 0 Å². The first-order chi connectivity index (χ1) is 9.38. The zero-order valence-corrected chi connectivity index (χ0v) is 11.3. The number of fused-ring (bicyclic) bond motifs is 1. The molecule has 1 aromatic carbocycles. The molecule has 3 amide bonds. The predicted molar refractivity (Wildman–Crippen MR) is 72.0 cm³/mol. The number of nitrogen functional groups attached to an aromatic ring is 1. The molecule has 0 bridgehead atoms. The number of anilines is 1. The Morgan fingerprint density at radius 1 is 1.45 bits per heavy atom. The van der Waals surface area contributed by atoms with Crippen molar-refractivity contribution in [3.05, 3.63) is 18.2 Å². The van der Waals surface area contributed by atoms with Crippen molar-refractivity contribution in [2.75, 3.05) is 5.73 Å². The van der Waals surface area contributed by atoms with E-state index < -0.39 is 28.0 Å². The Labute approximate surface area is 116 Å². The van der Waals surface area contributed by atoms with Gasteiger partial charge in [0.1, 0.15) is 21.6 Å². The number of oxazole rings is 1. The van der Waals surface area contributed by atoms with Crippen molar-refractivity contribution in [1.29, 1.82) is 0 Å². The van der Waals surface area contributed by atoms with Crippen LogP contribution in [-0.4, -0.2) is 26.4 Å². The minimum absolute atomic E-state index is 0.113. The van der Waals surface area contributed by atoms with E-state index in [1.54, 1.807) is 18.2 Å². The van der Waals surface area contributed by atoms with Crippen LogP contribution in [0.5, 0.6) is 0 Å². The maximum atomic E-state index is 12.1. The van der Waals surface area contributed by atoms with Crippen LogP contribution in [0.25, 0.3) is 11.1 Å². The van der Waals surface area contributed by atoms with E-state index in [1.807, 2.05) is 5.32 Å². The number of carbonyl (C=O) groups excluding carboxylic acids is 2. The van der Waals surface area contributed by atoms with Gasteiger partial charge in [0.2, 0.25) is 5.91 Å². The number of benzene rings is 1. The second-order valence-electron chi connectivity index (χ2n) is 4.00. The minimum Gasteiger partial charge on any atom is -0.430 e. The Morgan fingerprint density at radius 2 is 2.15 bits per heavy atom. The normalized spacial score (nSPS) is 13.8. The number of primary amides is 1. The van der Waals surface area contributed by atoms with Crippen LogP contribution in [0.2, 0.25) is 0 Å². The van der Waals surface area contributed by atoms with Gasteiger partial charge in [-0.25, -0.2) is 14.0 Å². The van der Waals surface area contributed by atoms with Gasteiger partial charge in [0.15, 0.2) is 5.58 Å². The summed E-state index contributed by atoms with van der Waals surface area (Å²) in [4.78, 5) is 26.1. The number of urea groups is 1. The molecule has 0 aliphatic heterocycles. The fourth-order valence-corrected chi connectivity index (χ4v) is 2.40. The third-order valence-electron chi connectivity index (χ3n) is 2.50. The average molecular weight is 296 g/mol. The lowest BCUT2D eigenvalue weighted by molar-refractivity contribution is -0.119.